The van der Waals surface area contributed by atoms with E-state index in [-0.39, 0.29) is 11.8 Å². The smallest absolute Gasteiger partial charge is 0.248 e. The Hall–Kier alpha value is -4.98. The maximum absolute atomic E-state index is 12.4. The molecule has 0 aliphatic carbocycles. The topological polar surface area (TPSA) is 107 Å². The zero-order valence-electron chi connectivity index (χ0n) is 20.8. The molecule has 4 N–H and O–H groups in total. The summed E-state index contributed by atoms with van der Waals surface area (Å²) < 4.78 is 0. The van der Waals surface area contributed by atoms with Gasteiger partial charge in [-0.2, -0.15) is 0 Å². The largest absolute Gasteiger partial charge is 0.368 e. The summed E-state index contributed by atoms with van der Waals surface area (Å²) in [6, 6.07) is 22.8. The van der Waals surface area contributed by atoms with Crippen molar-refractivity contribution in [2.75, 3.05) is 36.8 Å². The third kappa shape index (κ3) is 6.61. The summed E-state index contributed by atoms with van der Waals surface area (Å²) in [6.07, 6.45) is 6.49. The minimum absolute atomic E-state index is 0.219. The van der Waals surface area contributed by atoms with Crippen LogP contribution in [0, 0.1) is 0 Å². The van der Waals surface area contributed by atoms with Crippen molar-refractivity contribution in [3.63, 3.8) is 0 Å². The Morgan fingerprint density at radius 2 is 1.11 bits per heavy atom. The minimum atomic E-state index is -0.219. The molecule has 0 aromatic heterocycles. The SMILES string of the molecule is O=C(/C=C\c1ccc(/C=C/C(=O)Nc2cccc(C3=NCCN3)c2)cc1)Nc1cccc(C2=NCCN2)c1. The summed E-state index contributed by atoms with van der Waals surface area (Å²) in [5.41, 5.74) is 5.07. The number of carbonyl (C=O) groups is 2. The monoisotopic (exact) mass is 504 g/mol. The van der Waals surface area contributed by atoms with Crippen LogP contribution in [0.1, 0.15) is 22.3 Å². The molecule has 0 saturated carbocycles. The molecule has 2 heterocycles. The summed E-state index contributed by atoms with van der Waals surface area (Å²) in [5, 5.41) is 12.2. The number of aliphatic imine (C=N–C) groups is 2. The van der Waals surface area contributed by atoms with E-state index >= 15 is 0 Å². The lowest BCUT2D eigenvalue weighted by atomic mass is 10.1. The fourth-order valence-corrected chi connectivity index (χ4v) is 4.10. The molecule has 2 aliphatic heterocycles. The van der Waals surface area contributed by atoms with Crippen LogP contribution >= 0.6 is 0 Å². The first-order valence-electron chi connectivity index (χ1n) is 12.5. The van der Waals surface area contributed by atoms with Gasteiger partial charge in [-0.15, -0.1) is 0 Å². The molecule has 38 heavy (non-hydrogen) atoms. The second-order valence-corrected chi connectivity index (χ2v) is 8.79. The molecule has 0 spiro atoms. The summed E-state index contributed by atoms with van der Waals surface area (Å²) in [4.78, 5) is 33.6. The maximum atomic E-state index is 12.4. The Labute approximate surface area is 221 Å². The molecule has 8 nitrogen and oxygen atoms in total. The number of hydrogen-bond acceptors (Lipinski definition) is 6. The lowest BCUT2D eigenvalue weighted by molar-refractivity contribution is -0.112. The predicted octanol–water partition coefficient (Wildman–Crippen LogP) is 3.69. The van der Waals surface area contributed by atoms with Gasteiger partial charge in [0.2, 0.25) is 11.8 Å². The molecular weight excluding hydrogens is 476 g/mol. The number of carbonyl (C=O) groups excluding carboxylic acids is 2. The zero-order valence-corrected chi connectivity index (χ0v) is 20.8. The number of anilines is 2. The van der Waals surface area contributed by atoms with Crippen LogP contribution in [0.4, 0.5) is 11.4 Å². The standard InChI is InChI=1S/C30H28N6O2/c37-27(35-25-5-1-3-23(19-25)29-31-15-16-32-29)13-11-21-7-9-22(10-8-21)12-14-28(38)36-26-6-2-4-24(20-26)30-33-17-18-34-30/h1-14,19-20H,15-18H2,(H,31,32)(H,33,34)(H,35,37)(H,36,38)/b13-11-,14-12+. The van der Waals surface area contributed by atoms with Gasteiger partial charge in [-0.3, -0.25) is 19.6 Å². The molecule has 0 bridgehead atoms. The van der Waals surface area contributed by atoms with Gasteiger partial charge >= 0.3 is 0 Å². The normalized spacial score (nSPS) is 14.6. The van der Waals surface area contributed by atoms with E-state index in [0.717, 1.165) is 60.1 Å². The van der Waals surface area contributed by atoms with Crippen molar-refractivity contribution >= 4 is 47.0 Å². The van der Waals surface area contributed by atoms with E-state index in [1.54, 1.807) is 12.2 Å². The zero-order chi connectivity index (χ0) is 26.2. The van der Waals surface area contributed by atoms with E-state index in [9.17, 15) is 9.59 Å². The van der Waals surface area contributed by atoms with Crippen molar-refractivity contribution in [1.29, 1.82) is 0 Å². The Morgan fingerprint density at radius 3 is 1.50 bits per heavy atom. The van der Waals surface area contributed by atoms with E-state index < -0.39 is 0 Å². The second kappa shape index (κ2) is 11.8. The van der Waals surface area contributed by atoms with Gasteiger partial charge in [0.25, 0.3) is 0 Å². The Balaban J connectivity index is 1.13. The molecule has 0 unspecified atom stereocenters. The van der Waals surface area contributed by atoms with Gasteiger partial charge in [0.15, 0.2) is 0 Å². The molecular formula is C30H28N6O2. The van der Waals surface area contributed by atoms with E-state index in [2.05, 4.69) is 31.3 Å². The van der Waals surface area contributed by atoms with Crippen LogP contribution in [0.3, 0.4) is 0 Å². The van der Waals surface area contributed by atoms with Crippen molar-refractivity contribution < 1.29 is 9.59 Å². The molecule has 8 heteroatoms. The van der Waals surface area contributed by atoms with Crippen molar-refractivity contribution in [3.05, 3.63) is 107 Å². The first-order valence-corrected chi connectivity index (χ1v) is 12.5. The van der Waals surface area contributed by atoms with Gasteiger partial charge in [0.1, 0.15) is 11.7 Å². The molecule has 0 atom stereocenters. The van der Waals surface area contributed by atoms with Crippen LogP contribution in [0.2, 0.25) is 0 Å². The van der Waals surface area contributed by atoms with E-state index in [0.29, 0.717) is 11.4 Å². The van der Waals surface area contributed by atoms with Crippen molar-refractivity contribution in [1.82, 2.24) is 10.6 Å². The first-order chi connectivity index (χ1) is 18.6. The van der Waals surface area contributed by atoms with E-state index in [1.807, 2.05) is 72.8 Å². The molecule has 5 rings (SSSR count). The molecule has 190 valence electrons. The highest BCUT2D eigenvalue weighted by Gasteiger charge is 2.10. The maximum Gasteiger partial charge on any atom is 0.248 e. The number of nitrogens with zero attached hydrogens (tertiary/aromatic N) is 2. The Kier molecular flexibility index (Phi) is 7.69. The van der Waals surface area contributed by atoms with Gasteiger partial charge in [0.05, 0.1) is 13.1 Å². The molecule has 0 saturated heterocycles. The second-order valence-electron chi connectivity index (χ2n) is 8.79. The number of nitrogens with one attached hydrogen (secondary N) is 4. The summed E-state index contributed by atoms with van der Waals surface area (Å²) in [6.45, 7) is 3.19. The average molecular weight is 505 g/mol. The van der Waals surface area contributed by atoms with Crippen LogP contribution in [0.15, 0.2) is 94.9 Å². The summed E-state index contributed by atoms with van der Waals surface area (Å²) in [5.74, 6) is 1.27. The predicted molar refractivity (Wildman–Crippen MR) is 153 cm³/mol. The van der Waals surface area contributed by atoms with E-state index in [1.165, 1.54) is 12.2 Å². The number of hydrogen-bond donors (Lipinski definition) is 4. The van der Waals surface area contributed by atoms with Crippen LogP contribution in [0.5, 0.6) is 0 Å². The Morgan fingerprint density at radius 1 is 0.658 bits per heavy atom. The third-order valence-electron chi connectivity index (χ3n) is 5.95. The fraction of sp³-hybridized carbons (Fsp3) is 0.133. The van der Waals surface area contributed by atoms with Crippen LogP contribution in [-0.2, 0) is 9.59 Å². The highest BCUT2D eigenvalue weighted by molar-refractivity contribution is 6.05. The highest BCUT2D eigenvalue weighted by Crippen LogP contribution is 2.14. The number of benzene rings is 3. The number of amidine groups is 2. The van der Waals surface area contributed by atoms with Crippen molar-refractivity contribution in [2.45, 2.75) is 0 Å². The quantitative estimate of drug-likeness (QED) is 0.351. The lowest BCUT2D eigenvalue weighted by Gasteiger charge is -2.06. The van der Waals surface area contributed by atoms with Gasteiger partial charge in [-0.05, 0) is 47.5 Å². The molecule has 3 aromatic rings. The number of rotatable bonds is 8. The number of amides is 2. The third-order valence-corrected chi connectivity index (χ3v) is 5.95. The van der Waals surface area contributed by atoms with Crippen LogP contribution < -0.4 is 21.3 Å². The molecule has 3 aromatic carbocycles. The average Bonchev–Trinajstić information content (AvgIpc) is 3.67. The van der Waals surface area contributed by atoms with Crippen LogP contribution in [0.25, 0.3) is 12.2 Å². The van der Waals surface area contributed by atoms with E-state index in [4.69, 9.17) is 0 Å². The lowest BCUT2D eigenvalue weighted by Crippen LogP contribution is -2.19. The molecule has 2 amide bonds. The summed E-state index contributed by atoms with van der Waals surface area (Å²) in [7, 11) is 0. The van der Waals surface area contributed by atoms with Gasteiger partial charge in [-0.1, -0.05) is 48.5 Å². The Bertz CT molecular complexity index is 1340. The van der Waals surface area contributed by atoms with Crippen molar-refractivity contribution in [2.24, 2.45) is 9.98 Å². The minimum Gasteiger partial charge on any atom is -0.368 e. The van der Waals surface area contributed by atoms with Gasteiger partial charge in [0, 0.05) is 47.7 Å². The summed E-state index contributed by atoms with van der Waals surface area (Å²) >= 11 is 0. The molecule has 2 aliphatic rings. The fourth-order valence-electron chi connectivity index (χ4n) is 4.10. The highest BCUT2D eigenvalue weighted by atomic mass is 16.2. The van der Waals surface area contributed by atoms with Gasteiger partial charge in [-0.25, -0.2) is 0 Å². The van der Waals surface area contributed by atoms with Crippen LogP contribution in [-0.4, -0.2) is 49.7 Å². The molecule has 0 radical (unpaired) electrons. The van der Waals surface area contributed by atoms with Gasteiger partial charge < -0.3 is 21.3 Å². The first kappa shape index (κ1) is 24.7. The molecule has 0 fully saturated rings. The van der Waals surface area contributed by atoms with Crippen molar-refractivity contribution in [3.8, 4) is 0 Å².